The predicted molar refractivity (Wildman–Crippen MR) is 90.7 cm³/mol. The quantitative estimate of drug-likeness (QED) is 0.745. The number of hydrogen-bond donors (Lipinski definition) is 1. The van der Waals surface area contributed by atoms with Crippen molar-refractivity contribution in [2.75, 3.05) is 7.11 Å². The molecule has 0 saturated heterocycles. The van der Waals surface area contributed by atoms with Crippen molar-refractivity contribution in [2.24, 2.45) is 0 Å². The molecule has 134 valence electrons. The molecule has 0 aliphatic heterocycles. The minimum atomic E-state index is -0.519. The first kappa shape index (κ1) is 17.6. The molecule has 0 saturated carbocycles. The molecular formula is C19H16F2N2O3. The smallest absolute Gasteiger partial charge is 0.273 e. The van der Waals surface area contributed by atoms with E-state index in [1.807, 2.05) is 0 Å². The molecule has 0 spiro atoms. The van der Waals surface area contributed by atoms with E-state index in [1.54, 1.807) is 25.1 Å². The fraction of sp³-hybridized carbons (Fsp3) is 0.158. The van der Waals surface area contributed by atoms with Gasteiger partial charge in [-0.2, -0.15) is 0 Å². The Bertz CT molecular complexity index is 940. The second kappa shape index (κ2) is 7.35. The first-order valence-corrected chi connectivity index (χ1v) is 7.85. The molecule has 1 aromatic heterocycles. The highest BCUT2D eigenvalue weighted by Gasteiger charge is 2.18. The standard InChI is InChI=1S/C19H16F2N2O3/c1-11(12-7-8-17(25-2)15(21)9-12)22-19(24)16-10-18(26-23-16)13-5-3-4-6-14(13)20/h3-11H,1-2H3,(H,22,24)/t11-/m0/s1. The van der Waals surface area contributed by atoms with Gasteiger partial charge in [-0.15, -0.1) is 0 Å². The van der Waals surface area contributed by atoms with Crippen molar-refractivity contribution in [3.8, 4) is 17.1 Å². The summed E-state index contributed by atoms with van der Waals surface area (Å²) in [5, 5.41) is 6.37. The van der Waals surface area contributed by atoms with Crippen molar-refractivity contribution in [1.29, 1.82) is 0 Å². The van der Waals surface area contributed by atoms with Crippen LogP contribution in [0.5, 0.6) is 5.75 Å². The van der Waals surface area contributed by atoms with Crippen LogP contribution >= 0.6 is 0 Å². The maximum atomic E-state index is 13.8. The molecule has 1 heterocycles. The number of carbonyl (C=O) groups excluding carboxylic acids is 1. The lowest BCUT2D eigenvalue weighted by Gasteiger charge is -2.14. The van der Waals surface area contributed by atoms with Crippen molar-refractivity contribution in [3.05, 3.63) is 71.4 Å². The molecule has 0 bridgehead atoms. The minimum absolute atomic E-state index is 0.00378. The normalized spacial score (nSPS) is 11.8. The number of ether oxygens (including phenoxy) is 1. The number of aromatic nitrogens is 1. The molecule has 0 aliphatic rings. The van der Waals surface area contributed by atoms with E-state index in [9.17, 15) is 13.6 Å². The van der Waals surface area contributed by atoms with Gasteiger partial charge in [0.2, 0.25) is 0 Å². The van der Waals surface area contributed by atoms with Gasteiger partial charge in [0.15, 0.2) is 23.0 Å². The maximum Gasteiger partial charge on any atom is 0.273 e. The Morgan fingerprint density at radius 2 is 1.92 bits per heavy atom. The van der Waals surface area contributed by atoms with Crippen molar-refractivity contribution in [3.63, 3.8) is 0 Å². The summed E-state index contributed by atoms with van der Waals surface area (Å²) in [4.78, 5) is 12.3. The molecule has 1 amide bonds. The molecule has 5 nitrogen and oxygen atoms in total. The number of hydrogen-bond acceptors (Lipinski definition) is 4. The number of methoxy groups -OCH3 is 1. The average molecular weight is 358 g/mol. The topological polar surface area (TPSA) is 64.4 Å². The van der Waals surface area contributed by atoms with E-state index in [4.69, 9.17) is 9.26 Å². The third-order valence-electron chi connectivity index (χ3n) is 3.91. The first-order chi connectivity index (χ1) is 12.5. The zero-order valence-corrected chi connectivity index (χ0v) is 14.1. The summed E-state index contributed by atoms with van der Waals surface area (Å²) in [7, 11) is 1.38. The largest absolute Gasteiger partial charge is 0.494 e. The first-order valence-electron chi connectivity index (χ1n) is 7.85. The zero-order chi connectivity index (χ0) is 18.7. The second-order valence-electron chi connectivity index (χ2n) is 5.65. The van der Waals surface area contributed by atoms with Gasteiger partial charge in [-0.1, -0.05) is 23.4 Å². The average Bonchev–Trinajstić information content (AvgIpc) is 3.12. The van der Waals surface area contributed by atoms with Gasteiger partial charge in [0, 0.05) is 6.07 Å². The number of benzene rings is 2. The van der Waals surface area contributed by atoms with Gasteiger partial charge in [0.25, 0.3) is 5.91 Å². The van der Waals surface area contributed by atoms with E-state index >= 15 is 0 Å². The van der Waals surface area contributed by atoms with E-state index in [0.717, 1.165) is 0 Å². The maximum absolute atomic E-state index is 13.8. The van der Waals surface area contributed by atoms with Crippen molar-refractivity contribution in [1.82, 2.24) is 10.5 Å². The molecule has 0 unspecified atom stereocenters. The van der Waals surface area contributed by atoms with Crippen molar-refractivity contribution >= 4 is 5.91 Å². The van der Waals surface area contributed by atoms with Crippen LogP contribution in [0.15, 0.2) is 53.1 Å². The lowest BCUT2D eigenvalue weighted by molar-refractivity contribution is 0.0930. The van der Waals surface area contributed by atoms with Gasteiger partial charge in [-0.25, -0.2) is 8.78 Å². The summed E-state index contributed by atoms with van der Waals surface area (Å²) in [5.74, 6) is -1.23. The number of nitrogens with zero attached hydrogens (tertiary/aromatic N) is 1. The highest BCUT2D eigenvalue weighted by molar-refractivity contribution is 5.93. The summed E-state index contributed by atoms with van der Waals surface area (Å²) < 4.78 is 37.5. The summed E-state index contributed by atoms with van der Waals surface area (Å²) >= 11 is 0. The van der Waals surface area contributed by atoms with Crippen LogP contribution in [-0.2, 0) is 0 Å². The third-order valence-corrected chi connectivity index (χ3v) is 3.91. The number of carbonyl (C=O) groups is 1. The lowest BCUT2D eigenvalue weighted by atomic mass is 10.1. The van der Waals surface area contributed by atoms with E-state index in [0.29, 0.717) is 5.56 Å². The Balaban J connectivity index is 1.74. The molecular weight excluding hydrogens is 342 g/mol. The fourth-order valence-electron chi connectivity index (χ4n) is 2.48. The Kier molecular flexibility index (Phi) is 4.97. The third kappa shape index (κ3) is 3.56. The Morgan fingerprint density at radius 1 is 1.15 bits per heavy atom. The van der Waals surface area contributed by atoms with Crippen LogP contribution in [0.1, 0.15) is 29.0 Å². The van der Waals surface area contributed by atoms with Gasteiger partial charge >= 0.3 is 0 Å². The number of nitrogens with one attached hydrogen (secondary N) is 1. The van der Waals surface area contributed by atoms with Crippen LogP contribution in [0, 0.1) is 11.6 Å². The molecule has 0 aliphatic carbocycles. The van der Waals surface area contributed by atoms with E-state index in [1.165, 1.54) is 37.4 Å². The minimum Gasteiger partial charge on any atom is -0.494 e. The van der Waals surface area contributed by atoms with Gasteiger partial charge in [0.05, 0.1) is 18.7 Å². The summed E-state index contributed by atoms with van der Waals surface area (Å²) in [5.41, 5.74) is 0.780. The highest BCUT2D eigenvalue weighted by atomic mass is 19.1. The molecule has 3 rings (SSSR count). The Morgan fingerprint density at radius 3 is 2.62 bits per heavy atom. The van der Waals surface area contributed by atoms with E-state index in [-0.39, 0.29) is 22.8 Å². The number of amides is 1. The molecule has 26 heavy (non-hydrogen) atoms. The van der Waals surface area contributed by atoms with Crippen molar-refractivity contribution < 1.29 is 22.8 Å². The molecule has 1 N–H and O–H groups in total. The highest BCUT2D eigenvalue weighted by Crippen LogP contribution is 2.24. The van der Waals surface area contributed by atoms with Crippen LogP contribution in [-0.4, -0.2) is 18.2 Å². The molecule has 7 heteroatoms. The van der Waals surface area contributed by atoms with E-state index in [2.05, 4.69) is 10.5 Å². The van der Waals surface area contributed by atoms with Crippen LogP contribution in [0.25, 0.3) is 11.3 Å². The van der Waals surface area contributed by atoms with Crippen LogP contribution in [0.2, 0.25) is 0 Å². The molecule has 0 radical (unpaired) electrons. The lowest BCUT2D eigenvalue weighted by Crippen LogP contribution is -2.26. The number of rotatable bonds is 5. The van der Waals surface area contributed by atoms with Gasteiger partial charge in [-0.05, 0) is 36.8 Å². The van der Waals surface area contributed by atoms with Crippen LogP contribution in [0.4, 0.5) is 8.78 Å². The van der Waals surface area contributed by atoms with Crippen LogP contribution in [0.3, 0.4) is 0 Å². The molecule has 3 aromatic rings. The Labute approximate surface area is 148 Å². The zero-order valence-electron chi connectivity index (χ0n) is 14.1. The fourth-order valence-corrected chi connectivity index (χ4v) is 2.48. The molecule has 2 aromatic carbocycles. The van der Waals surface area contributed by atoms with Gasteiger partial charge < -0.3 is 14.6 Å². The predicted octanol–water partition coefficient (Wildman–Crippen LogP) is 4.12. The molecule has 0 fully saturated rings. The summed E-state index contributed by atoms with van der Waals surface area (Å²) in [6.07, 6.45) is 0. The van der Waals surface area contributed by atoms with Gasteiger partial charge in [-0.3, -0.25) is 4.79 Å². The number of halogens is 2. The second-order valence-corrected chi connectivity index (χ2v) is 5.65. The monoisotopic (exact) mass is 358 g/mol. The van der Waals surface area contributed by atoms with E-state index < -0.39 is 23.6 Å². The SMILES string of the molecule is COc1ccc([C@H](C)NC(=O)c2cc(-c3ccccc3F)on2)cc1F. The summed E-state index contributed by atoms with van der Waals surface area (Å²) in [6.45, 7) is 1.71. The van der Waals surface area contributed by atoms with Crippen LogP contribution < -0.4 is 10.1 Å². The van der Waals surface area contributed by atoms with Crippen molar-refractivity contribution in [2.45, 2.75) is 13.0 Å². The molecule has 1 atom stereocenters. The summed E-state index contributed by atoms with van der Waals surface area (Å²) in [6, 6.07) is 11.3. The van der Waals surface area contributed by atoms with Gasteiger partial charge in [0.1, 0.15) is 5.82 Å². The Hall–Kier alpha value is -3.22.